The average molecular weight is 373 g/mol. The van der Waals surface area contributed by atoms with Crippen molar-refractivity contribution in [3.8, 4) is 21.6 Å². The van der Waals surface area contributed by atoms with Gasteiger partial charge in [0.2, 0.25) is 10.0 Å². The molecule has 0 aliphatic heterocycles. The third-order valence-electron chi connectivity index (χ3n) is 3.73. The van der Waals surface area contributed by atoms with Gasteiger partial charge in [0.25, 0.3) is 0 Å². The molecule has 0 aliphatic carbocycles. The highest BCUT2D eigenvalue weighted by Gasteiger charge is 2.12. The van der Waals surface area contributed by atoms with Crippen LogP contribution in [0.4, 0.5) is 0 Å². The van der Waals surface area contributed by atoms with Gasteiger partial charge in [-0.05, 0) is 40.3 Å². The van der Waals surface area contributed by atoms with Gasteiger partial charge < -0.3 is 5.11 Å². The summed E-state index contributed by atoms with van der Waals surface area (Å²) in [5, 5.41) is 15.9. The quantitative estimate of drug-likeness (QED) is 0.716. The van der Waals surface area contributed by atoms with Gasteiger partial charge in [0.05, 0.1) is 11.3 Å². The Morgan fingerprint density at radius 1 is 0.960 bits per heavy atom. The van der Waals surface area contributed by atoms with Crippen LogP contribution in [-0.4, -0.2) is 19.5 Å². The summed E-state index contributed by atoms with van der Waals surface area (Å²) >= 11 is 1.57. The lowest BCUT2D eigenvalue weighted by atomic mass is 10.0. The minimum Gasteiger partial charge on any atom is -0.481 e. The van der Waals surface area contributed by atoms with Crippen molar-refractivity contribution in [3.63, 3.8) is 0 Å². The van der Waals surface area contributed by atoms with Gasteiger partial charge in [-0.15, -0.1) is 11.3 Å². The summed E-state index contributed by atoms with van der Waals surface area (Å²) in [5.41, 5.74) is 3.59. The van der Waals surface area contributed by atoms with Gasteiger partial charge in [-0.3, -0.25) is 4.79 Å². The predicted molar refractivity (Wildman–Crippen MR) is 97.9 cm³/mol. The van der Waals surface area contributed by atoms with E-state index in [2.05, 4.69) is 0 Å². The summed E-state index contributed by atoms with van der Waals surface area (Å²) in [6.45, 7) is 0. The lowest BCUT2D eigenvalue weighted by Crippen LogP contribution is -2.11. The first-order chi connectivity index (χ1) is 11.8. The first kappa shape index (κ1) is 17.3. The van der Waals surface area contributed by atoms with Crippen molar-refractivity contribution < 1.29 is 18.3 Å². The molecule has 7 heteroatoms. The fourth-order valence-electron chi connectivity index (χ4n) is 2.53. The third kappa shape index (κ3) is 3.96. The molecule has 3 aromatic rings. The van der Waals surface area contributed by atoms with Crippen LogP contribution in [-0.2, 0) is 21.2 Å². The second-order valence-corrected chi connectivity index (χ2v) is 7.98. The molecule has 3 rings (SSSR count). The van der Waals surface area contributed by atoms with E-state index in [4.69, 9.17) is 10.2 Å². The van der Waals surface area contributed by atoms with E-state index in [1.807, 2.05) is 23.6 Å². The molecule has 0 unspecified atom stereocenters. The Labute approximate surface area is 149 Å². The Kier molecular flexibility index (Phi) is 4.71. The van der Waals surface area contributed by atoms with Gasteiger partial charge >= 0.3 is 5.97 Å². The zero-order valence-corrected chi connectivity index (χ0v) is 14.7. The van der Waals surface area contributed by atoms with E-state index >= 15 is 0 Å². The van der Waals surface area contributed by atoms with Crippen LogP contribution in [0.1, 0.15) is 5.56 Å². The predicted octanol–water partition coefficient (Wildman–Crippen LogP) is 3.36. The number of carboxylic acids is 1. The fourth-order valence-corrected chi connectivity index (χ4v) is 3.97. The van der Waals surface area contributed by atoms with E-state index in [0.717, 1.165) is 27.1 Å². The number of hydrogen-bond acceptors (Lipinski definition) is 4. The standard InChI is InChI=1S/C18H15NO4S2/c19-25(22,23)15-7-5-13(6-8-15)16-9-10-24-18(16)14-3-1-12(2-4-14)11-17(20)21/h1-10H,11H2,(H,20,21)(H2,19,22,23). The molecule has 0 fully saturated rings. The molecule has 0 aliphatic rings. The molecule has 0 saturated carbocycles. The van der Waals surface area contributed by atoms with Crippen molar-refractivity contribution >= 4 is 27.3 Å². The molecule has 0 bridgehead atoms. The topological polar surface area (TPSA) is 97.5 Å². The van der Waals surface area contributed by atoms with Crippen molar-refractivity contribution in [2.24, 2.45) is 5.14 Å². The molecule has 0 amide bonds. The Morgan fingerprint density at radius 3 is 2.12 bits per heavy atom. The summed E-state index contributed by atoms with van der Waals surface area (Å²) in [7, 11) is -3.71. The lowest BCUT2D eigenvalue weighted by Gasteiger charge is -2.06. The Hall–Kier alpha value is -2.48. The number of primary sulfonamides is 1. The molecule has 2 aromatic carbocycles. The molecule has 5 nitrogen and oxygen atoms in total. The SMILES string of the molecule is NS(=O)(=O)c1ccc(-c2ccsc2-c2ccc(CC(=O)O)cc2)cc1. The molecule has 0 radical (unpaired) electrons. The van der Waals surface area contributed by atoms with Crippen LogP contribution in [0.2, 0.25) is 0 Å². The molecule has 1 heterocycles. The second-order valence-electron chi connectivity index (χ2n) is 5.50. The molecule has 128 valence electrons. The van der Waals surface area contributed by atoms with Crippen LogP contribution < -0.4 is 5.14 Å². The van der Waals surface area contributed by atoms with Crippen LogP contribution in [0, 0.1) is 0 Å². The number of rotatable bonds is 5. The van der Waals surface area contributed by atoms with Crippen LogP contribution in [0.5, 0.6) is 0 Å². The van der Waals surface area contributed by atoms with E-state index in [0.29, 0.717) is 0 Å². The van der Waals surface area contributed by atoms with E-state index in [1.54, 1.807) is 35.6 Å². The molecule has 3 N–H and O–H groups in total. The largest absolute Gasteiger partial charge is 0.481 e. The van der Waals surface area contributed by atoms with Crippen molar-refractivity contribution in [1.82, 2.24) is 0 Å². The van der Waals surface area contributed by atoms with Crippen molar-refractivity contribution in [2.45, 2.75) is 11.3 Å². The highest BCUT2D eigenvalue weighted by Crippen LogP contribution is 2.37. The molecular weight excluding hydrogens is 358 g/mol. The van der Waals surface area contributed by atoms with Crippen molar-refractivity contribution in [3.05, 3.63) is 65.5 Å². The van der Waals surface area contributed by atoms with Crippen LogP contribution in [0.25, 0.3) is 21.6 Å². The highest BCUT2D eigenvalue weighted by atomic mass is 32.2. The Balaban J connectivity index is 1.94. The fraction of sp³-hybridized carbons (Fsp3) is 0.0556. The third-order valence-corrected chi connectivity index (χ3v) is 5.62. The Morgan fingerprint density at radius 2 is 1.56 bits per heavy atom. The first-order valence-corrected chi connectivity index (χ1v) is 9.79. The zero-order chi connectivity index (χ0) is 18.0. The lowest BCUT2D eigenvalue weighted by molar-refractivity contribution is -0.136. The molecule has 25 heavy (non-hydrogen) atoms. The van der Waals surface area contributed by atoms with Gasteiger partial charge in [0.1, 0.15) is 0 Å². The summed E-state index contributed by atoms with van der Waals surface area (Å²) in [4.78, 5) is 11.9. The number of carbonyl (C=O) groups is 1. The minimum absolute atomic E-state index is 0.00734. The van der Waals surface area contributed by atoms with E-state index in [-0.39, 0.29) is 11.3 Å². The van der Waals surface area contributed by atoms with Crippen molar-refractivity contribution in [2.75, 3.05) is 0 Å². The summed E-state index contributed by atoms with van der Waals surface area (Å²) in [6.07, 6.45) is -0.00734. The van der Waals surface area contributed by atoms with E-state index in [9.17, 15) is 13.2 Å². The summed E-state index contributed by atoms with van der Waals surface area (Å²) in [5.74, 6) is -0.862. The molecule has 0 saturated heterocycles. The van der Waals surface area contributed by atoms with Gasteiger partial charge in [-0.2, -0.15) is 0 Å². The van der Waals surface area contributed by atoms with E-state index < -0.39 is 16.0 Å². The number of thiophene rings is 1. The van der Waals surface area contributed by atoms with Gasteiger partial charge in [-0.25, -0.2) is 13.6 Å². The average Bonchev–Trinajstić information content (AvgIpc) is 3.04. The number of nitrogens with two attached hydrogens (primary N) is 1. The number of benzene rings is 2. The number of aliphatic carboxylic acids is 1. The maximum atomic E-state index is 11.4. The molecule has 0 atom stereocenters. The number of carboxylic acid groups (broad SMARTS) is 1. The minimum atomic E-state index is -3.71. The maximum Gasteiger partial charge on any atom is 0.307 e. The molecule has 0 spiro atoms. The first-order valence-electron chi connectivity index (χ1n) is 7.36. The Bertz CT molecular complexity index is 1000. The van der Waals surface area contributed by atoms with E-state index in [1.165, 1.54) is 12.1 Å². The van der Waals surface area contributed by atoms with Crippen LogP contribution in [0.15, 0.2) is 64.9 Å². The number of hydrogen-bond donors (Lipinski definition) is 2. The monoisotopic (exact) mass is 373 g/mol. The van der Waals surface area contributed by atoms with Crippen LogP contribution >= 0.6 is 11.3 Å². The zero-order valence-electron chi connectivity index (χ0n) is 13.0. The maximum absolute atomic E-state index is 11.4. The number of sulfonamides is 1. The molecular formula is C18H15NO4S2. The normalized spacial score (nSPS) is 11.4. The second kappa shape index (κ2) is 6.79. The van der Waals surface area contributed by atoms with Gasteiger partial charge in [0, 0.05) is 10.4 Å². The van der Waals surface area contributed by atoms with Crippen molar-refractivity contribution in [1.29, 1.82) is 0 Å². The van der Waals surface area contributed by atoms with Gasteiger partial charge in [0.15, 0.2) is 0 Å². The smallest absolute Gasteiger partial charge is 0.307 e. The summed E-state index contributed by atoms with van der Waals surface area (Å²) in [6, 6.07) is 15.8. The molecule has 1 aromatic heterocycles. The highest BCUT2D eigenvalue weighted by molar-refractivity contribution is 7.89. The van der Waals surface area contributed by atoms with Crippen LogP contribution in [0.3, 0.4) is 0 Å². The summed E-state index contributed by atoms with van der Waals surface area (Å²) < 4.78 is 22.7. The van der Waals surface area contributed by atoms with Gasteiger partial charge in [-0.1, -0.05) is 36.4 Å².